The zero-order chi connectivity index (χ0) is 29.8. The Bertz CT molecular complexity index is 1290. The second kappa shape index (κ2) is 12.8. The van der Waals surface area contributed by atoms with Crippen LogP contribution in [0.1, 0.15) is 37.7 Å². The highest BCUT2D eigenvalue weighted by atomic mass is 16.7. The molecular weight excluding hydrogens is 542 g/mol. The topological polar surface area (TPSA) is 125 Å². The molecule has 0 bridgehead atoms. The average Bonchev–Trinajstić information content (AvgIpc) is 3.69. The van der Waals surface area contributed by atoms with Crippen LogP contribution in [-0.4, -0.2) is 109 Å². The number of amides is 3. The Balaban J connectivity index is 1.45. The minimum absolute atomic E-state index is 0.0408. The predicted octanol–water partition coefficient (Wildman–Crippen LogP) is 2.88. The largest absolute Gasteiger partial charge is 0.493 e. The van der Waals surface area contributed by atoms with Gasteiger partial charge in [0.05, 0.1) is 31.5 Å². The fourth-order valence-corrected chi connectivity index (χ4v) is 6.24. The van der Waals surface area contributed by atoms with E-state index in [1.54, 1.807) is 46.3 Å². The van der Waals surface area contributed by atoms with Crippen LogP contribution >= 0.6 is 0 Å². The molecule has 226 valence electrons. The van der Waals surface area contributed by atoms with Gasteiger partial charge in [-0.25, -0.2) is 4.79 Å². The Hall–Kier alpha value is -4.06. The third kappa shape index (κ3) is 5.94. The standard InChI is InChI=1S/C30H39N5O7/c1-4-5-10-35(21-7-6-9-31-16-21)26(36)18-34-17-22(20-14-24(40-3)28-25(15-20)41-19-42-28)27(29(37)38)23(34)8-11-33-13-12-32(2)30(33)39/h6-7,9,14-16,22-23,27H,4-5,8,10-13,17-19H2,1-3H3,(H,37,38). The molecule has 2 fully saturated rings. The number of nitrogens with zero attached hydrogens (tertiary/aromatic N) is 5. The number of unbranched alkanes of at least 4 members (excludes halogenated alkanes) is 1. The van der Waals surface area contributed by atoms with Crippen LogP contribution in [0, 0.1) is 5.92 Å². The average molecular weight is 582 g/mol. The number of urea groups is 1. The number of hydrogen-bond donors (Lipinski definition) is 1. The SMILES string of the molecule is CCCCN(C(=O)CN1CC(c2cc(OC)c3c(c2)OCO3)C(C(=O)O)C1CCN1CCN(C)C1=O)c1cccnc1. The maximum absolute atomic E-state index is 13.9. The van der Waals surface area contributed by atoms with E-state index in [0.717, 1.165) is 18.4 Å². The minimum atomic E-state index is -0.948. The molecular formula is C30H39N5O7. The third-order valence-electron chi connectivity index (χ3n) is 8.47. The van der Waals surface area contributed by atoms with E-state index >= 15 is 0 Å². The lowest BCUT2D eigenvalue weighted by Gasteiger charge is -2.30. The number of ether oxygens (including phenoxy) is 3. The van der Waals surface area contributed by atoms with E-state index < -0.39 is 23.8 Å². The summed E-state index contributed by atoms with van der Waals surface area (Å²) in [6, 6.07) is 6.73. The summed E-state index contributed by atoms with van der Waals surface area (Å²) >= 11 is 0. The number of aromatic nitrogens is 1. The summed E-state index contributed by atoms with van der Waals surface area (Å²) < 4.78 is 16.7. The van der Waals surface area contributed by atoms with Gasteiger partial charge in [-0.15, -0.1) is 0 Å². The first-order chi connectivity index (χ1) is 20.3. The summed E-state index contributed by atoms with van der Waals surface area (Å²) in [6.45, 7) is 4.68. The first-order valence-corrected chi connectivity index (χ1v) is 14.5. The first-order valence-electron chi connectivity index (χ1n) is 14.5. The van der Waals surface area contributed by atoms with Gasteiger partial charge in [0, 0.05) is 57.9 Å². The van der Waals surface area contributed by atoms with Crippen molar-refractivity contribution in [2.75, 3.05) is 65.1 Å². The van der Waals surface area contributed by atoms with Gasteiger partial charge in [0.25, 0.3) is 0 Å². The van der Waals surface area contributed by atoms with Gasteiger partial charge in [0.15, 0.2) is 11.5 Å². The molecule has 42 heavy (non-hydrogen) atoms. The van der Waals surface area contributed by atoms with Gasteiger partial charge < -0.3 is 34.0 Å². The van der Waals surface area contributed by atoms with Crippen molar-refractivity contribution in [1.82, 2.24) is 19.7 Å². The molecule has 0 radical (unpaired) electrons. The van der Waals surface area contributed by atoms with Gasteiger partial charge in [-0.05, 0) is 42.7 Å². The van der Waals surface area contributed by atoms with Crippen molar-refractivity contribution in [1.29, 1.82) is 0 Å². The number of fused-ring (bicyclic) bond motifs is 1. The van der Waals surface area contributed by atoms with Crippen LogP contribution < -0.4 is 19.1 Å². The van der Waals surface area contributed by atoms with Gasteiger partial charge in [0.2, 0.25) is 18.4 Å². The number of carbonyl (C=O) groups excluding carboxylic acids is 2. The quantitative estimate of drug-likeness (QED) is 0.403. The Morgan fingerprint density at radius 1 is 1.24 bits per heavy atom. The number of likely N-dealkylation sites (tertiary alicyclic amines) is 1. The molecule has 1 aromatic carbocycles. The third-order valence-corrected chi connectivity index (χ3v) is 8.47. The summed E-state index contributed by atoms with van der Waals surface area (Å²) in [4.78, 5) is 50.7. The van der Waals surface area contributed by atoms with Gasteiger partial charge in [-0.3, -0.25) is 19.5 Å². The molecule has 0 saturated carbocycles. The molecule has 3 amide bonds. The van der Waals surface area contributed by atoms with Crippen molar-refractivity contribution in [2.45, 2.75) is 38.1 Å². The molecule has 2 aromatic rings. The zero-order valence-electron chi connectivity index (χ0n) is 24.4. The summed E-state index contributed by atoms with van der Waals surface area (Å²) in [6.07, 6.45) is 5.51. The van der Waals surface area contributed by atoms with E-state index in [-0.39, 0.29) is 25.3 Å². The molecule has 0 spiro atoms. The van der Waals surface area contributed by atoms with Crippen LogP contribution in [0.25, 0.3) is 0 Å². The number of benzene rings is 1. The number of carboxylic acids is 1. The fourth-order valence-electron chi connectivity index (χ4n) is 6.24. The van der Waals surface area contributed by atoms with Crippen LogP contribution in [0.3, 0.4) is 0 Å². The Morgan fingerprint density at radius 3 is 2.74 bits per heavy atom. The Labute approximate surface area is 245 Å². The highest BCUT2D eigenvalue weighted by Crippen LogP contribution is 2.47. The summed E-state index contributed by atoms with van der Waals surface area (Å²) in [5.41, 5.74) is 1.46. The van der Waals surface area contributed by atoms with Gasteiger partial charge in [-0.2, -0.15) is 0 Å². The lowest BCUT2D eigenvalue weighted by atomic mass is 9.84. The molecule has 2 saturated heterocycles. The molecule has 12 heteroatoms. The summed E-state index contributed by atoms with van der Waals surface area (Å²) in [5, 5.41) is 10.6. The minimum Gasteiger partial charge on any atom is -0.493 e. The van der Waals surface area contributed by atoms with Crippen LogP contribution in [0.2, 0.25) is 0 Å². The van der Waals surface area contributed by atoms with E-state index in [2.05, 4.69) is 11.9 Å². The zero-order valence-corrected chi connectivity index (χ0v) is 24.4. The summed E-state index contributed by atoms with van der Waals surface area (Å²) in [5.74, 6) is -0.850. The number of hydrogen-bond acceptors (Lipinski definition) is 8. The molecule has 4 heterocycles. The second-order valence-corrected chi connectivity index (χ2v) is 11.0. The Kier molecular flexibility index (Phi) is 9.00. The highest BCUT2D eigenvalue weighted by Gasteiger charge is 2.48. The first kappa shape index (κ1) is 29.4. The maximum atomic E-state index is 13.9. The van der Waals surface area contributed by atoms with Crippen molar-refractivity contribution < 1.29 is 33.7 Å². The lowest BCUT2D eigenvalue weighted by Crippen LogP contribution is -2.46. The predicted molar refractivity (Wildman–Crippen MR) is 154 cm³/mol. The van der Waals surface area contributed by atoms with Crippen LogP contribution in [0.15, 0.2) is 36.7 Å². The van der Waals surface area contributed by atoms with E-state index in [4.69, 9.17) is 14.2 Å². The van der Waals surface area contributed by atoms with Crippen LogP contribution in [-0.2, 0) is 9.59 Å². The van der Waals surface area contributed by atoms with Crippen molar-refractivity contribution in [2.24, 2.45) is 5.92 Å². The maximum Gasteiger partial charge on any atom is 0.319 e. The number of pyridine rings is 1. The van der Waals surface area contributed by atoms with E-state index in [1.807, 2.05) is 17.0 Å². The molecule has 1 aromatic heterocycles. The molecule has 0 aliphatic carbocycles. The normalized spacial score (nSPS) is 21.7. The lowest BCUT2D eigenvalue weighted by molar-refractivity contribution is -0.143. The molecule has 3 aliphatic rings. The number of rotatable bonds is 12. The van der Waals surface area contributed by atoms with E-state index in [1.165, 1.54) is 7.11 Å². The van der Waals surface area contributed by atoms with Crippen molar-refractivity contribution >= 4 is 23.6 Å². The summed E-state index contributed by atoms with van der Waals surface area (Å²) in [7, 11) is 3.29. The number of anilines is 1. The fraction of sp³-hybridized carbons (Fsp3) is 0.533. The van der Waals surface area contributed by atoms with Gasteiger partial charge >= 0.3 is 12.0 Å². The van der Waals surface area contributed by atoms with Gasteiger partial charge in [0.1, 0.15) is 0 Å². The molecule has 3 aliphatic heterocycles. The highest BCUT2D eigenvalue weighted by molar-refractivity contribution is 5.94. The number of likely N-dealkylation sites (N-methyl/N-ethyl adjacent to an activating group) is 1. The molecule has 3 unspecified atom stereocenters. The van der Waals surface area contributed by atoms with E-state index in [0.29, 0.717) is 62.1 Å². The van der Waals surface area contributed by atoms with Crippen molar-refractivity contribution in [3.05, 3.63) is 42.2 Å². The molecule has 12 nitrogen and oxygen atoms in total. The smallest absolute Gasteiger partial charge is 0.319 e. The van der Waals surface area contributed by atoms with Gasteiger partial charge in [-0.1, -0.05) is 13.3 Å². The number of aliphatic carboxylic acids is 1. The van der Waals surface area contributed by atoms with E-state index in [9.17, 15) is 19.5 Å². The molecule has 5 rings (SSSR count). The van der Waals surface area contributed by atoms with Crippen molar-refractivity contribution in [3.8, 4) is 17.2 Å². The number of carboxylic acid groups (broad SMARTS) is 1. The van der Waals surface area contributed by atoms with Crippen LogP contribution in [0.4, 0.5) is 10.5 Å². The molecule has 3 atom stereocenters. The number of carbonyl (C=O) groups is 3. The molecule has 1 N–H and O–H groups in total. The number of methoxy groups -OCH3 is 1. The van der Waals surface area contributed by atoms with Crippen LogP contribution in [0.5, 0.6) is 17.2 Å². The van der Waals surface area contributed by atoms with Crippen molar-refractivity contribution in [3.63, 3.8) is 0 Å². The Morgan fingerprint density at radius 2 is 2.07 bits per heavy atom. The monoisotopic (exact) mass is 581 g/mol. The second-order valence-electron chi connectivity index (χ2n) is 11.0.